The summed E-state index contributed by atoms with van der Waals surface area (Å²) in [4.78, 5) is 11.9. The highest BCUT2D eigenvalue weighted by molar-refractivity contribution is 5.78. The molecular formula is C15H18N2O2. The fourth-order valence-electron chi connectivity index (χ4n) is 2.48. The third-order valence-electron chi connectivity index (χ3n) is 3.51. The fraction of sp³-hybridized carbons (Fsp3) is 0.467. The van der Waals surface area contributed by atoms with Gasteiger partial charge < -0.3 is 10.1 Å². The number of hydrogen-bond acceptors (Lipinski definition) is 3. The second kappa shape index (κ2) is 5.75. The van der Waals surface area contributed by atoms with Gasteiger partial charge in [-0.25, -0.2) is 0 Å². The van der Waals surface area contributed by atoms with E-state index in [0.29, 0.717) is 11.3 Å². The van der Waals surface area contributed by atoms with Crippen molar-refractivity contribution in [2.24, 2.45) is 0 Å². The summed E-state index contributed by atoms with van der Waals surface area (Å²) >= 11 is 0. The zero-order valence-electron chi connectivity index (χ0n) is 11.1. The number of hydrogen-bond donors (Lipinski definition) is 1. The number of ether oxygens (including phenoxy) is 1. The number of nitriles is 1. The van der Waals surface area contributed by atoms with Crippen molar-refractivity contribution in [2.75, 3.05) is 6.61 Å². The molecule has 1 saturated carbocycles. The van der Waals surface area contributed by atoms with Crippen molar-refractivity contribution >= 4 is 5.91 Å². The van der Waals surface area contributed by atoms with E-state index in [0.717, 1.165) is 25.7 Å². The summed E-state index contributed by atoms with van der Waals surface area (Å²) in [7, 11) is 0. The summed E-state index contributed by atoms with van der Waals surface area (Å²) in [6.45, 7) is 2.02. The van der Waals surface area contributed by atoms with Gasteiger partial charge in [0, 0.05) is 5.54 Å². The second-order valence-electron chi connectivity index (χ2n) is 5.21. The minimum atomic E-state index is -0.128. The van der Waals surface area contributed by atoms with E-state index in [1.165, 1.54) is 0 Å². The molecule has 1 aromatic rings. The van der Waals surface area contributed by atoms with E-state index in [1.54, 1.807) is 24.3 Å². The molecule has 2 rings (SSSR count). The van der Waals surface area contributed by atoms with E-state index in [-0.39, 0.29) is 18.1 Å². The molecule has 1 aliphatic rings. The topological polar surface area (TPSA) is 62.1 Å². The van der Waals surface area contributed by atoms with E-state index in [9.17, 15) is 4.79 Å². The van der Waals surface area contributed by atoms with Gasteiger partial charge in [-0.15, -0.1) is 0 Å². The average Bonchev–Trinajstić information content (AvgIpc) is 2.83. The Morgan fingerprint density at radius 1 is 1.42 bits per heavy atom. The van der Waals surface area contributed by atoms with Crippen LogP contribution in [0.4, 0.5) is 0 Å². The molecule has 0 saturated heterocycles. The molecule has 1 fully saturated rings. The molecule has 1 N–H and O–H groups in total. The highest BCUT2D eigenvalue weighted by Crippen LogP contribution is 2.28. The van der Waals surface area contributed by atoms with Gasteiger partial charge in [-0.3, -0.25) is 4.79 Å². The quantitative estimate of drug-likeness (QED) is 0.902. The van der Waals surface area contributed by atoms with Crippen LogP contribution in [0.1, 0.15) is 38.2 Å². The number of amides is 1. The molecule has 100 valence electrons. The molecule has 0 spiro atoms. The Balaban J connectivity index is 1.88. The van der Waals surface area contributed by atoms with Gasteiger partial charge in [0.25, 0.3) is 5.91 Å². The number of carbonyl (C=O) groups is 1. The molecule has 4 nitrogen and oxygen atoms in total. The van der Waals surface area contributed by atoms with Gasteiger partial charge in [-0.1, -0.05) is 25.0 Å². The van der Waals surface area contributed by atoms with Crippen molar-refractivity contribution in [1.82, 2.24) is 5.32 Å². The average molecular weight is 258 g/mol. The highest BCUT2D eigenvalue weighted by Gasteiger charge is 2.30. The normalized spacial score (nSPS) is 16.6. The fourth-order valence-corrected chi connectivity index (χ4v) is 2.48. The van der Waals surface area contributed by atoms with Crippen LogP contribution in [0.5, 0.6) is 5.75 Å². The van der Waals surface area contributed by atoms with Crippen molar-refractivity contribution in [3.05, 3.63) is 29.8 Å². The number of para-hydroxylation sites is 1. The molecule has 0 atom stereocenters. The van der Waals surface area contributed by atoms with Crippen molar-refractivity contribution in [2.45, 2.75) is 38.1 Å². The first-order valence-electron chi connectivity index (χ1n) is 6.56. The number of rotatable bonds is 4. The van der Waals surface area contributed by atoms with Gasteiger partial charge in [0.15, 0.2) is 6.61 Å². The summed E-state index contributed by atoms with van der Waals surface area (Å²) in [6, 6.07) is 8.97. The standard InChI is InChI=1S/C15H18N2O2/c1-15(8-4-5-9-15)17-14(18)11-19-13-7-3-2-6-12(13)10-16/h2-3,6-7H,4-5,8-9,11H2,1H3,(H,17,18). The molecule has 0 aromatic heterocycles. The number of benzene rings is 1. The maximum absolute atomic E-state index is 11.9. The van der Waals surface area contributed by atoms with E-state index in [1.807, 2.05) is 6.07 Å². The van der Waals surface area contributed by atoms with Crippen molar-refractivity contribution in [1.29, 1.82) is 5.26 Å². The predicted octanol–water partition coefficient (Wildman–Crippen LogP) is 2.39. The Hall–Kier alpha value is -2.02. The zero-order valence-corrected chi connectivity index (χ0v) is 11.1. The first-order valence-corrected chi connectivity index (χ1v) is 6.56. The third kappa shape index (κ3) is 3.47. The molecule has 0 aliphatic heterocycles. The van der Waals surface area contributed by atoms with Crippen LogP contribution in [0, 0.1) is 11.3 Å². The van der Waals surface area contributed by atoms with Crippen LogP contribution >= 0.6 is 0 Å². The lowest BCUT2D eigenvalue weighted by Crippen LogP contribution is -2.45. The van der Waals surface area contributed by atoms with Crippen molar-refractivity contribution in [3.8, 4) is 11.8 Å². The zero-order chi connectivity index (χ0) is 13.7. The maximum Gasteiger partial charge on any atom is 0.258 e. The minimum Gasteiger partial charge on any atom is -0.482 e. The van der Waals surface area contributed by atoms with Gasteiger partial charge in [0.2, 0.25) is 0 Å². The van der Waals surface area contributed by atoms with E-state index < -0.39 is 0 Å². The Kier molecular flexibility index (Phi) is 4.06. The summed E-state index contributed by atoms with van der Waals surface area (Å²) in [5.41, 5.74) is 0.359. The Morgan fingerprint density at radius 2 is 2.11 bits per heavy atom. The van der Waals surface area contributed by atoms with Crippen LogP contribution in [0.3, 0.4) is 0 Å². The third-order valence-corrected chi connectivity index (χ3v) is 3.51. The molecule has 0 unspecified atom stereocenters. The monoisotopic (exact) mass is 258 g/mol. The van der Waals surface area contributed by atoms with Gasteiger partial charge >= 0.3 is 0 Å². The van der Waals surface area contributed by atoms with Gasteiger partial charge in [0.1, 0.15) is 11.8 Å². The lowest BCUT2D eigenvalue weighted by Gasteiger charge is -2.25. The number of nitrogens with zero attached hydrogens (tertiary/aromatic N) is 1. The summed E-state index contributed by atoms with van der Waals surface area (Å²) < 4.78 is 5.41. The van der Waals surface area contributed by atoms with E-state index >= 15 is 0 Å². The SMILES string of the molecule is CC1(NC(=O)COc2ccccc2C#N)CCCC1. The number of carbonyl (C=O) groups excluding carboxylic acids is 1. The molecule has 4 heteroatoms. The van der Waals surface area contributed by atoms with Crippen molar-refractivity contribution in [3.63, 3.8) is 0 Å². The lowest BCUT2D eigenvalue weighted by molar-refractivity contribution is -0.124. The van der Waals surface area contributed by atoms with Gasteiger partial charge in [-0.05, 0) is 31.9 Å². The Bertz CT molecular complexity index is 499. The first-order chi connectivity index (χ1) is 9.13. The van der Waals surface area contributed by atoms with Crippen LogP contribution in [0.15, 0.2) is 24.3 Å². The van der Waals surface area contributed by atoms with E-state index in [2.05, 4.69) is 12.2 Å². The molecule has 0 radical (unpaired) electrons. The molecule has 1 amide bonds. The molecule has 1 aromatic carbocycles. The van der Waals surface area contributed by atoms with E-state index in [4.69, 9.17) is 10.00 Å². The summed E-state index contributed by atoms with van der Waals surface area (Å²) in [5.74, 6) is 0.328. The van der Waals surface area contributed by atoms with Crippen LogP contribution in [-0.4, -0.2) is 18.1 Å². The molecule has 19 heavy (non-hydrogen) atoms. The molecule has 0 bridgehead atoms. The van der Waals surface area contributed by atoms with Crippen molar-refractivity contribution < 1.29 is 9.53 Å². The summed E-state index contributed by atoms with van der Waals surface area (Å²) in [6.07, 6.45) is 4.37. The molecule has 0 heterocycles. The maximum atomic E-state index is 11.9. The molecule has 1 aliphatic carbocycles. The Labute approximate surface area is 113 Å². The smallest absolute Gasteiger partial charge is 0.258 e. The Morgan fingerprint density at radius 3 is 2.79 bits per heavy atom. The van der Waals surface area contributed by atoms with Crippen LogP contribution in [0.2, 0.25) is 0 Å². The van der Waals surface area contributed by atoms with Gasteiger partial charge in [-0.2, -0.15) is 5.26 Å². The van der Waals surface area contributed by atoms with Crippen LogP contribution < -0.4 is 10.1 Å². The second-order valence-corrected chi connectivity index (χ2v) is 5.21. The lowest BCUT2D eigenvalue weighted by atomic mass is 10.0. The predicted molar refractivity (Wildman–Crippen MR) is 71.7 cm³/mol. The largest absolute Gasteiger partial charge is 0.482 e. The minimum absolute atomic E-state index is 0.0473. The van der Waals surface area contributed by atoms with Crippen LogP contribution in [0.25, 0.3) is 0 Å². The van der Waals surface area contributed by atoms with Crippen LogP contribution in [-0.2, 0) is 4.79 Å². The first kappa shape index (κ1) is 13.4. The number of nitrogens with one attached hydrogen (secondary N) is 1. The molecular weight excluding hydrogens is 240 g/mol. The summed E-state index contributed by atoms with van der Waals surface area (Å²) in [5, 5.41) is 11.9. The highest BCUT2D eigenvalue weighted by atomic mass is 16.5. The van der Waals surface area contributed by atoms with Gasteiger partial charge in [0.05, 0.1) is 5.56 Å².